The maximum atomic E-state index is 13.6. The van der Waals surface area contributed by atoms with Crippen LogP contribution in [0.25, 0.3) is 0 Å². The van der Waals surface area contributed by atoms with Crippen LogP contribution in [0.2, 0.25) is 5.02 Å². The molecule has 0 heterocycles. The first-order chi connectivity index (χ1) is 24.7. The zero-order valence-electron chi connectivity index (χ0n) is 28.4. The van der Waals surface area contributed by atoms with E-state index in [-0.39, 0.29) is 34.5 Å². The fourth-order valence-electron chi connectivity index (χ4n) is 7.21. The molecule has 5 aromatic rings. The quantitative estimate of drug-likeness (QED) is 0.0841. The van der Waals surface area contributed by atoms with Crippen LogP contribution in [0, 0.1) is 28.4 Å². The van der Waals surface area contributed by atoms with Crippen LogP contribution in [0.1, 0.15) is 49.0 Å². The molecule has 2 bridgehead atoms. The minimum absolute atomic E-state index is 0.0248. The van der Waals surface area contributed by atoms with Crippen LogP contribution in [-0.2, 0) is 25.8 Å². The Morgan fingerprint density at radius 2 is 1.37 bits per heavy atom. The Hall–Kier alpha value is -3.80. The zero-order valence-corrected chi connectivity index (χ0v) is 31.6. The first-order valence-corrected chi connectivity index (χ1v) is 20.6. The number of carbonyl (C=O) groups is 2. The fourth-order valence-corrected chi connectivity index (χ4v) is 11.6. The highest BCUT2D eigenvalue weighted by molar-refractivity contribution is 7.99. The van der Waals surface area contributed by atoms with Crippen molar-refractivity contribution in [3.8, 4) is 0 Å². The lowest BCUT2D eigenvalue weighted by atomic mass is 9.70. The number of fused-ring (bicyclic) bond motifs is 2. The number of benzene rings is 5. The summed E-state index contributed by atoms with van der Waals surface area (Å²) in [4.78, 5) is 29.3. The van der Waals surface area contributed by atoms with E-state index in [1.54, 1.807) is 48.5 Å². The van der Waals surface area contributed by atoms with Gasteiger partial charge in [0.15, 0.2) is 20.5 Å². The largest absolute Gasteiger partial charge is 0.748 e. The minimum Gasteiger partial charge on any atom is -0.748 e. The van der Waals surface area contributed by atoms with Crippen LogP contribution in [0.3, 0.4) is 0 Å². The van der Waals surface area contributed by atoms with E-state index in [1.807, 2.05) is 62.4 Å². The van der Waals surface area contributed by atoms with E-state index in [0.717, 1.165) is 30.9 Å². The number of hydrogen-bond donors (Lipinski definition) is 0. The molecule has 0 radical (unpaired) electrons. The van der Waals surface area contributed by atoms with Gasteiger partial charge in [0.05, 0.1) is 31.8 Å². The first-order valence-electron chi connectivity index (χ1n) is 16.6. The predicted octanol–water partition coefficient (Wildman–Crippen LogP) is 10.0. The molecule has 0 N–H and O–H groups in total. The molecule has 0 amide bonds. The lowest BCUT2D eigenvalue weighted by molar-refractivity contribution is -0.128. The molecule has 2 saturated carbocycles. The number of ketones is 2. The maximum Gasteiger partial charge on any atom is 0.193 e. The Bertz CT molecular complexity index is 2150. The van der Waals surface area contributed by atoms with Gasteiger partial charge < -0.3 is 4.55 Å². The van der Waals surface area contributed by atoms with E-state index in [2.05, 4.69) is 0 Å². The minimum atomic E-state index is -4.33. The average Bonchev–Trinajstić information content (AvgIpc) is 3.46. The molecule has 5 nitrogen and oxygen atoms in total. The second kappa shape index (κ2) is 15.3. The standard InChI is InChI=1S/C31H20ClF2OS2.C10H16O4S/c32-29-20-22(31(35)21-4-2-1-3-5-21)6-19-30(29)36-25-11-17-28(18-12-25)37(26-13-7-23(33)8-14-26)27-15-9-24(34)10-16-27;1-9(2)7-3-4-10(9,8(11)5-7)6-15(12,13)14/h1-20H;7H,3-6H2,1-2H3,(H,12,13,14)/q+1;/p-1. The van der Waals surface area contributed by atoms with Crippen molar-refractivity contribution in [2.75, 3.05) is 5.75 Å². The molecule has 0 aliphatic heterocycles. The highest BCUT2D eigenvalue weighted by Gasteiger charge is 2.64. The summed E-state index contributed by atoms with van der Waals surface area (Å²) in [6, 6.07) is 35.4. The number of Topliss-reactive ketones (excluding diaryl/α,β-unsaturated/α-hetero) is 1. The van der Waals surface area contributed by atoms with Crippen molar-refractivity contribution >= 4 is 55.9 Å². The number of rotatable bonds is 9. The van der Waals surface area contributed by atoms with Crippen LogP contribution in [0.4, 0.5) is 8.78 Å². The van der Waals surface area contributed by atoms with E-state index in [0.29, 0.717) is 29.0 Å². The van der Waals surface area contributed by atoms with Gasteiger partial charge in [-0.1, -0.05) is 67.5 Å². The Morgan fingerprint density at radius 3 is 1.83 bits per heavy atom. The van der Waals surface area contributed by atoms with Crippen molar-refractivity contribution in [2.45, 2.75) is 57.6 Å². The SMILES string of the molecule is CC1(C)C2CCC1(CS(=O)(=O)[O-])C(=O)C2.O=C(c1ccccc1)c1ccc(Sc2ccc([S+](c3ccc(F)cc3)c3ccc(F)cc3)cc2)c(Cl)c1. The molecule has 2 fully saturated rings. The van der Waals surface area contributed by atoms with E-state index in [4.69, 9.17) is 11.6 Å². The summed E-state index contributed by atoms with van der Waals surface area (Å²) in [6.07, 6.45) is 1.88. The topological polar surface area (TPSA) is 91.3 Å². The van der Waals surface area contributed by atoms with Crippen molar-refractivity contribution in [3.05, 3.63) is 149 Å². The van der Waals surface area contributed by atoms with Gasteiger partial charge in [0, 0.05) is 32.8 Å². The molecule has 7 rings (SSSR count). The summed E-state index contributed by atoms with van der Waals surface area (Å²) in [5.74, 6) is -0.951. The molecular formula is C41H35ClF2O5S3. The molecule has 2 unspecified atom stereocenters. The van der Waals surface area contributed by atoms with Gasteiger partial charge in [-0.2, -0.15) is 0 Å². The smallest absolute Gasteiger partial charge is 0.193 e. The molecule has 2 atom stereocenters. The van der Waals surface area contributed by atoms with E-state index in [1.165, 1.54) is 36.0 Å². The van der Waals surface area contributed by atoms with Gasteiger partial charge in [-0.25, -0.2) is 17.2 Å². The van der Waals surface area contributed by atoms with Crippen LogP contribution < -0.4 is 0 Å². The maximum absolute atomic E-state index is 13.6. The lowest BCUT2D eigenvalue weighted by Crippen LogP contribution is -2.42. The highest BCUT2D eigenvalue weighted by Crippen LogP contribution is 2.64. The summed E-state index contributed by atoms with van der Waals surface area (Å²) in [6.45, 7) is 3.83. The second-order valence-electron chi connectivity index (χ2n) is 13.5. The Balaban J connectivity index is 0.000000258. The van der Waals surface area contributed by atoms with Crippen molar-refractivity contribution in [1.29, 1.82) is 0 Å². The van der Waals surface area contributed by atoms with Gasteiger partial charge >= 0.3 is 0 Å². The average molecular weight is 777 g/mol. The third-order valence-corrected chi connectivity index (χ3v) is 14.8. The van der Waals surface area contributed by atoms with Crippen molar-refractivity contribution in [3.63, 3.8) is 0 Å². The monoisotopic (exact) mass is 776 g/mol. The molecule has 0 aromatic heterocycles. The summed E-state index contributed by atoms with van der Waals surface area (Å²) < 4.78 is 59.8. The van der Waals surface area contributed by atoms with E-state index >= 15 is 0 Å². The molecule has 11 heteroatoms. The summed E-state index contributed by atoms with van der Waals surface area (Å²) >= 11 is 8.05. The van der Waals surface area contributed by atoms with Crippen LogP contribution in [-0.4, -0.2) is 30.3 Å². The Morgan fingerprint density at radius 1 is 0.827 bits per heavy atom. The lowest BCUT2D eigenvalue weighted by Gasteiger charge is -2.37. The first kappa shape index (κ1) is 37.9. The van der Waals surface area contributed by atoms with Gasteiger partial charge in [0.25, 0.3) is 0 Å². The van der Waals surface area contributed by atoms with Crippen molar-refractivity contribution in [2.24, 2.45) is 16.7 Å². The van der Waals surface area contributed by atoms with Gasteiger partial charge in [-0.05, 0) is 115 Å². The van der Waals surface area contributed by atoms with Crippen molar-refractivity contribution in [1.82, 2.24) is 0 Å². The zero-order chi connectivity index (χ0) is 37.3. The Kier molecular flexibility index (Phi) is 11.1. The van der Waals surface area contributed by atoms with E-state index in [9.17, 15) is 31.3 Å². The van der Waals surface area contributed by atoms with Crippen LogP contribution in [0.15, 0.2) is 146 Å². The number of hydrogen-bond acceptors (Lipinski definition) is 6. The summed E-state index contributed by atoms with van der Waals surface area (Å²) in [5.41, 5.74) is -0.0643. The third-order valence-electron chi connectivity index (χ3n) is 10.2. The predicted molar refractivity (Wildman–Crippen MR) is 200 cm³/mol. The molecule has 2 aliphatic rings. The summed E-state index contributed by atoms with van der Waals surface area (Å²) in [5, 5.41) is 0.508. The molecule has 0 spiro atoms. The molecule has 268 valence electrons. The third kappa shape index (κ3) is 8.06. The summed E-state index contributed by atoms with van der Waals surface area (Å²) in [7, 11) is -4.85. The van der Waals surface area contributed by atoms with Crippen molar-refractivity contribution < 1.29 is 31.3 Å². The number of halogens is 3. The van der Waals surface area contributed by atoms with Crippen LogP contribution in [0.5, 0.6) is 0 Å². The van der Waals surface area contributed by atoms with Gasteiger partial charge in [0.2, 0.25) is 0 Å². The molecule has 2 aliphatic carbocycles. The van der Waals surface area contributed by atoms with Gasteiger partial charge in [-0.15, -0.1) is 0 Å². The van der Waals surface area contributed by atoms with E-state index < -0.39 is 32.2 Å². The highest BCUT2D eigenvalue weighted by atomic mass is 35.5. The fraction of sp³-hybridized carbons (Fsp3) is 0.220. The van der Waals surface area contributed by atoms with Gasteiger partial charge in [0.1, 0.15) is 17.4 Å². The number of carbonyl (C=O) groups excluding carboxylic acids is 2. The molecular weight excluding hydrogens is 742 g/mol. The Labute approximate surface area is 314 Å². The van der Waals surface area contributed by atoms with Gasteiger partial charge in [-0.3, -0.25) is 9.59 Å². The normalized spacial score (nSPS) is 19.0. The second-order valence-corrected chi connectivity index (χ2v) is 18.4. The van der Waals surface area contributed by atoms with Crippen LogP contribution >= 0.6 is 23.4 Å². The molecule has 5 aromatic carbocycles. The molecule has 52 heavy (non-hydrogen) atoms. The molecule has 0 saturated heterocycles.